The predicted molar refractivity (Wildman–Crippen MR) is 127 cm³/mol. The number of rotatable bonds is 5. The van der Waals surface area contributed by atoms with Gasteiger partial charge in [0.1, 0.15) is 10.0 Å². The highest BCUT2D eigenvalue weighted by Gasteiger charge is 2.23. The highest BCUT2D eigenvalue weighted by atomic mass is 32.1. The lowest BCUT2D eigenvalue weighted by atomic mass is 10.0. The van der Waals surface area contributed by atoms with Gasteiger partial charge in [0.2, 0.25) is 5.89 Å². The first-order valence-electron chi connectivity index (χ1n) is 10.4. The number of nitrogens with zero attached hydrogens (tertiary/aromatic N) is 3. The van der Waals surface area contributed by atoms with Crippen LogP contribution in [0.15, 0.2) is 28.9 Å². The summed E-state index contributed by atoms with van der Waals surface area (Å²) in [6.45, 7) is 8.06. The van der Waals surface area contributed by atoms with Gasteiger partial charge in [-0.2, -0.15) is 0 Å². The highest BCUT2D eigenvalue weighted by molar-refractivity contribution is 7.17. The fourth-order valence-corrected chi connectivity index (χ4v) is 6.28. The minimum atomic E-state index is -0.254. The molecule has 5 rings (SSSR count). The van der Waals surface area contributed by atoms with E-state index in [1.807, 2.05) is 38.4 Å². The van der Waals surface area contributed by atoms with E-state index in [-0.39, 0.29) is 6.03 Å². The third kappa shape index (κ3) is 3.85. The zero-order valence-electron chi connectivity index (χ0n) is 18.1. The molecule has 4 aromatic heterocycles. The zero-order valence-corrected chi connectivity index (χ0v) is 19.7. The number of amides is 2. The topological polar surface area (TPSA) is 97.0 Å². The van der Waals surface area contributed by atoms with E-state index in [2.05, 4.69) is 30.7 Å². The Labute approximate surface area is 193 Å². The second-order valence-electron chi connectivity index (χ2n) is 7.73. The summed E-state index contributed by atoms with van der Waals surface area (Å²) in [5.41, 5.74) is 4.35. The Morgan fingerprint density at radius 1 is 1.22 bits per heavy atom. The zero-order chi connectivity index (χ0) is 22.2. The molecule has 1 aliphatic heterocycles. The molecule has 8 nitrogen and oxygen atoms in total. The van der Waals surface area contributed by atoms with E-state index in [1.54, 1.807) is 18.3 Å². The molecule has 0 atom stereocenters. The van der Waals surface area contributed by atoms with Gasteiger partial charge in [0.25, 0.3) is 5.89 Å². The van der Waals surface area contributed by atoms with Crippen molar-refractivity contribution in [3.63, 3.8) is 0 Å². The lowest BCUT2D eigenvalue weighted by Crippen LogP contribution is -2.29. The lowest BCUT2D eigenvalue weighted by Gasteiger charge is -2.15. The summed E-state index contributed by atoms with van der Waals surface area (Å²) >= 11 is 3.30. The van der Waals surface area contributed by atoms with Crippen LogP contribution in [0.25, 0.3) is 16.5 Å². The van der Waals surface area contributed by atoms with Gasteiger partial charge in [0.05, 0.1) is 5.56 Å². The van der Waals surface area contributed by atoms with Gasteiger partial charge in [-0.3, -0.25) is 5.32 Å². The van der Waals surface area contributed by atoms with Crippen LogP contribution in [0.3, 0.4) is 0 Å². The Hall–Kier alpha value is -2.95. The van der Waals surface area contributed by atoms with Crippen molar-refractivity contribution in [2.75, 3.05) is 11.9 Å². The second kappa shape index (κ2) is 8.53. The maximum Gasteiger partial charge on any atom is 0.320 e. The summed E-state index contributed by atoms with van der Waals surface area (Å²) < 4.78 is 7.75. The number of aryl methyl sites for hydroxylation is 2. The van der Waals surface area contributed by atoms with Gasteiger partial charge in [-0.1, -0.05) is 0 Å². The third-order valence-corrected chi connectivity index (χ3v) is 8.04. The number of thiophene rings is 2. The summed E-state index contributed by atoms with van der Waals surface area (Å²) in [5.74, 6) is 0.918. The predicted octanol–water partition coefficient (Wildman–Crippen LogP) is 4.54. The van der Waals surface area contributed by atoms with Crippen molar-refractivity contribution in [2.45, 2.75) is 40.3 Å². The molecule has 0 saturated heterocycles. The van der Waals surface area contributed by atoms with Crippen LogP contribution in [0, 0.1) is 20.8 Å². The minimum absolute atomic E-state index is 0.254. The Morgan fingerprint density at radius 3 is 2.78 bits per heavy atom. The smallest absolute Gasteiger partial charge is 0.320 e. The monoisotopic (exact) mass is 468 g/mol. The second-order valence-corrected chi connectivity index (χ2v) is 10.0. The van der Waals surface area contributed by atoms with Crippen molar-refractivity contribution in [1.29, 1.82) is 0 Å². The molecule has 0 aromatic carbocycles. The molecule has 166 valence electrons. The molecule has 2 amide bonds. The average molecular weight is 469 g/mol. The normalized spacial score (nSPS) is 13.2. The van der Waals surface area contributed by atoms with Crippen molar-refractivity contribution in [3.8, 4) is 16.5 Å². The first-order valence-corrected chi connectivity index (χ1v) is 12.1. The summed E-state index contributed by atoms with van der Waals surface area (Å²) in [6, 6.07) is 3.78. The minimum Gasteiger partial charge on any atom is -0.421 e. The van der Waals surface area contributed by atoms with E-state index in [0.29, 0.717) is 23.3 Å². The van der Waals surface area contributed by atoms with Crippen molar-refractivity contribution >= 4 is 33.7 Å². The van der Waals surface area contributed by atoms with Gasteiger partial charge in [0, 0.05) is 47.7 Å². The van der Waals surface area contributed by atoms with E-state index in [4.69, 9.17) is 4.42 Å². The average Bonchev–Trinajstić information content (AvgIpc) is 3.55. The van der Waals surface area contributed by atoms with Gasteiger partial charge < -0.3 is 19.6 Å². The third-order valence-electron chi connectivity index (χ3n) is 5.63. The van der Waals surface area contributed by atoms with E-state index in [1.165, 1.54) is 27.3 Å². The van der Waals surface area contributed by atoms with Crippen molar-refractivity contribution < 1.29 is 9.21 Å². The van der Waals surface area contributed by atoms with Gasteiger partial charge >= 0.3 is 6.03 Å². The van der Waals surface area contributed by atoms with Crippen LogP contribution in [0.1, 0.15) is 32.3 Å². The van der Waals surface area contributed by atoms with E-state index >= 15 is 0 Å². The molecule has 0 aliphatic carbocycles. The number of hydrogen-bond acceptors (Lipinski definition) is 7. The Kier molecular flexibility index (Phi) is 5.58. The molecule has 10 heteroatoms. The van der Waals surface area contributed by atoms with Gasteiger partial charge in [-0.15, -0.1) is 32.9 Å². The number of aromatic nitrogens is 3. The molecule has 0 unspecified atom stereocenters. The highest BCUT2D eigenvalue weighted by Crippen LogP contribution is 2.39. The van der Waals surface area contributed by atoms with Gasteiger partial charge in [-0.05, 0) is 50.1 Å². The lowest BCUT2D eigenvalue weighted by molar-refractivity contribution is 0.252. The van der Waals surface area contributed by atoms with Crippen LogP contribution in [-0.2, 0) is 19.5 Å². The number of carbonyl (C=O) groups is 1. The van der Waals surface area contributed by atoms with Crippen LogP contribution >= 0.6 is 22.7 Å². The summed E-state index contributed by atoms with van der Waals surface area (Å²) in [6.07, 6.45) is 5.06. The first kappa shape index (κ1) is 20.9. The molecule has 4 aromatic rings. The molecule has 0 saturated carbocycles. The number of urea groups is 1. The summed E-state index contributed by atoms with van der Waals surface area (Å²) in [5, 5.41) is 19.4. The number of anilines is 1. The largest absolute Gasteiger partial charge is 0.421 e. The number of hydrogen-bond donors (Lipinski definition) is 3. The van der Waals surface area contributed by atoms with E-state index in [0.717, 1.165) is 40.5 Å². The molecule has 1 aliphatic rings. The number of nitrogens with one attached hydrogen (secondary N) is 3. The first-order chi connectivity index (χ1) is 15.5. The Balaban J connectivity index is 1.37. The molecule has 0 radical (unpaired) electrons. The van der Waals surface area contributed by atoms with Crippen molar-refractivity contribution in [1.82, 2.24) is 25.4 Å². The molecule has 0 spiro atoms. The van der Waals surface area contributed by atoms with E-state index in [9.17, 15) is 4.79 Å². The number of carbonyl (C=O) groups excluding carboxylic acids is 1. The molecule has 0 fully saturated rings. The van der Waals surface area contributed by atoms with Crippen LogP contribution in [0.5, 0.6) is 0 Å². The molecule has 3 N–H and O–H groups in total. The number of fused-ring (bicyclic) bond motifs is 1. The Bertz CT molecular complexity index is 1270. The standard InChI is InChI=1S/C22H24N6O2S2/c1-12-13(2)31-20(18(12)19-27-26-14(3)30-19)25-22(29)24-10-16-15-6-7-23-11-17(15)32-21(16)28-8-4-5-9-28/h4-5,8-9,23H,6-7,10-11H2,1-3H3,(H2,24,25,29). The van der Waals surface area contributed by atoms with Gasteiger partial charge in [-0.25, -0.2) is 4.79 Å². The van der Waals surface area contributed by atoms with Crippen molar-refractivity contribution in [3.05, 3.63) is 56.9 Å². The van der Waals surface area contributed by atoms with Crippen molar-refractivity contribution in [2.24, 2.45) is 0 Å². The maximum absolute atomic E-state index is 12.9. The molecular formula is C22H24N6O2S2. The van der Waals surface area contributed by atoms with Crippen LogP contribution in [0.4, 0.5) is 9.80 Å². The maximum atomic E-state index is 12.9. The van der Waals surface area contributed by atoms with Gasteiger partial charge in [0.15, 0.2) is 0 Å². The quantitative estimate of drug-likeness (QED) is 0.399. The van der Waals surface area contributed by atoms with Crippen LogP contribution in [0.2, 0.25) is 0 Å². The molecule has 5 heterocycles. The van der Waals surface area contributed by atoms with Crippen LogP contribution in [-0.4, -0.2) is 27.3 Å². The fourth-order valence-electron chi connectivity index (χ4n) is 3.93. The summed E-state index contributed by atoms with van der Waals surface area (Å²) in [4.78, 5) is 15.3. The molecule has 0 bridgehead atoms. The Morgan fingerprint density at radius 2 is 2.03 bits per heavy atom. The SMILES string of the molecule is Cc1nnc(-c2c(NC(=O)NCc3c(-n4cccc4)sc4c3CCNC4)sc(C)c2C)o1. The van der Waals surface area contributed by atoms with Crippen LogP contribution < -0.4 is 16.0 Å². The van der Waals surface area contributed by atoms with E-state index < -0.39 is 0 Å². The molecule has 32 heavy (non-hydrogen) atoms. The summed E-state index contributed by atoms with van der Waals surface area (Å²) in [7, 11) is 0. The fraction of sp³-hybridized carbons (Fsp3) is 0.318. The molecular weight excluding hydrogens is 444 g/mol.